The maximum absolute atomic E-state index is 12.0. The van der Waals surface area contributed by atoms with Crippen LogP contribution in [0.2, 0.25) is 0 Å². The molecule has 1 aliphatic rings. The highest BCUT2D eigenvalue weighted by atomic mass is 16.6. The van der Waals surface area contributed by atoms with Crippen molar-refractivity contribution in [3.8, 4) is 0 Å². The van der Waals surface area contributed by atoms with Gasteiger partial charge in [-0.1, -0.05) is 6.07 Å². The second-order valence-electron chi connectivity index (χ2n) is 5.39. The molecule has 2 rings (SSSR count). The minimum Gasteiger partial charge on any atom is -0.365 e. The summed E-state index contributed by atoms with van der Waals surface area (Å²) in [4.78, 5) is 24.7. The van der Waals surface area contributed by atoms with Crippen LogP contribution in [0.15, 0.2) is 18.2 Å². The number of para-hydroxylation sites is 1. The summed E-state index contributed by atoms with van der Waals surface area (Å²) in [5, 5.41) is 14.0. The van der Waals surface area contributed by atoms with Gasteiger partial charge in [-0.3, -0.25) is 20.8 Å². The fraction of sp³-hybridized carbons (Fsp3) is 0.462. The number of carbonyl (C=O) groups excluding carboxylic acids is 1. The lowest BCUT2D eigenvalue weighted by Crippen LogP contribution is -2.39. The molecule has 1 aromatic rings. The third-order valence-corrected chi connectivity index (χ3v) is 3.94. The Balaban J connectivity index is 2.36. The van der Waals surface area contributed by atoms with Crippen LogP contribution in [0.1, 0.15) is 13.3 Å². The highest BCUT2D eigenvalue weighted by molar-refractivity contribution is 5.84. The minimum atomic E-state index is -0.547. The van der Waals surface area contributed by atoms with Crippen molar-refractivity contribution in [2.45, 2.75) is 13.3 Å². The average molecular weight is 293 g/mol. The Morgan fingerprint density at radius 1 is 1.52 bits per heavy atom. The molecule has 1 aromatic carbocycles. The molecule has 0 aromatic heterocycles. The number of amides is 1. The van der Waals surface area contributed by atoms with Crippen molar-refractivity contribution >= 4 is 23.0 Å². The molecule has 1 saturated heterocycles. The molecule has 0 radical (unpaired) electrons. The number of nitrogens with zero attached hydrogens (tertiary/aromatic N) is 2. The molecule has 1 heterocycles. The van der Waals surface area contributed by atoms with Crippen LogP contribution in [0.5, 0.6) is 0 Å². The van der Waals surface area contributed by atoms with Crippen molar-refractivity contribution in [3.05, 3.63) is 28.3 Å². The second kappa shape index (κ2) is 5.57. The molecule has 0 bridgehead atoms. The largest absolute Gasteiger partial charge is 0.365 e. The van der Waals surface area contributed by atoms with Crippen LogP contribution in [-0.4, -0.2) is 31.0 Å². The summed E-state index contributed by atoms with van der Waals surface area (Å²) in [5.41, 5.74) is 2.46. The molecule has 21 heavy (non-hydrogen) atoms. The molecule has 0 aliphatic carbocycles. The number of hydrogen-bond acceptors (Lipinski definition) is 6. The zero-order valence-electron chi connectivity index (χ0n) is 12.0. The van der Waals surface area contributed by atoms with Crippen molar-refractivity contribution < 1.29 is 9.72 Å². The molecule has 1 amide bonds. The lowest BCUT2D eigenvalue weighted by molar-refractivity contribution is -0.383. The summed E-state index contributed by atoms with van der Waals surface area (Å²) < 4.78 is 0. The number of carbonyl (C=O) groups is 1. The van der Waals surface area contributed by atoms with Gasteiger partial charge in [0, 0.05) is 20.1 Å². The number of nitrogens with two attached hydrogens (primary N) is 1. The van der Waals surface area contributed by atoms with Gasteiger partial charge in [-0.15, -0.1) is 0 Å². The Kier molecular flexibility index (Phi) is 3.99. The van der Waals surface area contributed by atoms with Crippen LogP contribution in [0.4, 0.5) is 17.1 Å². The first-order chi connectivity index (χ1) is 9.92. The third kappa shape index (κ3) is 2.62. The van der Waals surface area contributed by atoms with Crippen molar-refractivity contribution in [2.75, 3.05) is 30.5 Å². The van der Waals surface area contributed by atoms with Crippen molar-refractivity contribution in [1.82, 2.24) is 5.32 Å². The standard InChI is InChI=1S/C13H19N5O3/c1-13(12(19)15-2)6-7-17(8-13)10-5-3-4-9(16-14)11(10)18(20)21/h3-5,16H,6-8,14H2,1-2H3,(H,15,19). The second-order valence-corrected chi connectivity index (χ2v) is 5.39. The highest BCUT2D eigenvalue weighted by Crippen LogP contribution is 2.40. The van der Waals surface area contributed by atoms with Crippen LogP contribution in [0, 0.1) is 15.5 Å². The molecule has 0 spiro atoms. The Bertz CT molecular complexity index is 577. The van der Waals surface area contributed by atoms with E-state index in [1.54, 1.807) is 25.2 Å². The summed E-state index contributed by atoms with van der Waals surface area (Å²) in [6, 6.07) is 4.93. The maximum atomic E-state index is 12.0. The predicted molar refractivity (Wildman–Crippen MR) is 79.9 cm³/mol. The number of nitro groups is 1. The van der Waals surface area contributed by atoms with Crippen LogP contribution >= 0.6 is 0 Å². The van der Waals surface area contributed by atoms with Crippen molar-refractivity contribution in [1.29, 1.82) is 0 Å². The van der Waals surface area contributed by atoms with Gasteiger partial charge in [0.15, 0.2) is 0 Å². The third-order valence-electron chi connectivity index (χ3n) is 3.94. The van der Waals surface area contributed by atoms with E-state index in [9.17, 15) is 14.9 Å². The van der Waals surface area contributed by atoms with Gasteiger partial charge in [-0.05, 0) is 25.5 Å². The molecule has 0 saturated carbocycles. The SMILES string of the molecule is CNC(=O)C1(C)CCN(c2cccc(NN)c2[N+](=O)[O-])C1. The topological polar surface area (TPSA) is 114 Å². The number of rotatable bonds is 4. The first-order valence-electron chi connectivity index (χ1n) is 6.64. The van der Waals surface area contributed by atoms with Gasteiger partial charge < -0.3 is 15.6 Å². The predicted octanol–water partition coefficient (Wildman–Crippen LogP) is 0.843. The van der Waals surface area contributed by atoms with E-state index >= 15 is 0 Å². The number of nitro benzene ring substituents is 1. The molecular formula is C13H19N5O3. The van der Waals surface area contributed by atoms with Gasteiger partial charge in [0.25, 0.3) is 0 Å². The number of nitrogen functional groups attached to an aromatic ring is 1. The van der Waals surface area contributed by atoms with Gasteiger partial charge in [0.05, 0.1) is 10.3 Å². The molecule has 1 atom stereocenters. The monoisotopic (exact) mass is 293 g/mol. The molecule has 114 valence electrons. The highest BCUT2D eigenvalue weighted by Gasteiger charge is 2.41. The summed E-state index contributed by atoms with van der Waals surface area (Å²) in [5.74, 6) is 5.29. The van der Waals surface area contributed by atoms with E-state index in [1.807, 2.05) is 11.8 Å². The Morgan fingerprint density at radius 3 is 2.81 bits per heavy atom. The van der Waals surface area contributed by atoms with E-state index in [1.165, 1.54) is 0 Å². The average Bonchev–Trinajstić information content (AvgIpc) is 2.89. The quantitative estimate of drug-likeness (QED) is 0.431. The van der Waals surface area contributed by atoms with Gasteiger partial charge in [0.1, 0.15) is 11.4 Å². The van der Waals surface area contributed by atoms with Gasteiger partial charge in [-0.25, -0.2) is 0 Å². The molecular weight excluding hydrogens is 274 g/mol. The van der Waals surface area contributed by atoms with E-state index < -0.39 is 10.3 Å². The lowest BCUT2D eigenvalue weighted by atomic mass is 9.89. The first-order valence-corrected chi connectivity index (χ1v) is 6.64. The fourth-order valence-corrected chi connectivity index (χ4v) is 2.75. The number of hydrazine groups is 1. The summed E-state index contributed by atoms with van der Waals surface area (Å²) in [7, 11) is 1.59. The number of hydrogen-bond donors (Lipinski definition) is 3. The zero-order valence-corrected chi connectivity index (χ0v) is 12.0. The molecule has 8 heteroatoms. The zero-order chi connectivity index (χ0) is 15.6. The van der Waals surface area contributed by atoms with E-state index in [4.69, 9.17) is 5.84 Å². The molecule has 1 unspecified atom stereocenters. The van der Waals surface area contributed by atoms with Crippen LogP contribution in [0.25, 0.3) is 0 Å². The number of anilines is 2. The first kappa shape index (κ1) is 15.0. The van der Waals surface area contributed by atoms with Crippen LogP contribution in [-0.2, 0) is 4.79 Å². The fourth-order valence-electron chi connectivity index (χ4n) is 2.75. The van der Waals surface area contributed by atoms with E-state index in [2.05, 4.69) is 10.7 Å². The van der Waals surface area contributed by atoms with E-state index in [0.29, 0.717) is 25.2 Å². The van der Waals surface area contributed by atoms with Crippen molar-refractivity contribution in [2.24, 2.45) is 11.3 Å². The number of benzene rings is 1. The Morgan fingerprint density at radius 2 is 2.24 bits per heavy atom. The summed E-state index contributed by atoms with van der Waals surface area (Å²) in [6.45, 7) is 2.88. The summed E-state index contributed by atoms with van der Waals surface area (Å²) >= 11 is 0. The van der Waals surface area contributed by atoms with E-state index in [0.717, 1.165) is 0 Å². The summed E-state index contributed by atoms with van der Waals surface area (Å²) in [6.07, 6.45) is 0.643. The lowest BCUT2D eigenvalue weighted by Gasteiger charge is -2.24. The van der Waals surface area contributed by atoms with Gasteiger partial charge in [0.2, 0.25) is 5.91 Å². The molecule has 1 fully saturated rings. The Hall–Kier alpha value is -2.35. The van der Waals surface area contributed by atoms with Gasteiger partial charge >= 0.3 is 5.69 Å². The number of nitrogens with one attached hydrogen (secondary N) is 2. The van der Waals surface area contributed by atoms with Gasteiger partial charge in [-0.2, -0.15) is 0 Å². The normalized spacial score (nSPS) is 21.2. The maximum Gasteiger partial charge on any atom is 0.316 e. The minimum absolute atomic E-state index is 0.0549. The Labute approximate surface area is 122 Å². The molecule has 4 N–H and O–H groups in total. The van der Waals surface area contributed by atoms with Crippen molar-refractivity contribution in [3.63, 3.8) is 0 Å². The smallest absolute Gasteiger partial charge is 0.316 e. The van der Waals surface area contributed by atoms with Crippen LogP contribution < -0.4 is 21.5 Å². The molecule has 8 nitrogen and oxygen atoms in total. The van der Waals surface area contributed by atoms with Crippen LogP contribution in [0.3, 0.4) is 0 Å². The molecule has 1 aliphatic heterocycles. The van der Waals surface area contributed by atoms with E-state index in [-0.39, 0.29) is 17.3 Å².